The fourth-order valence-electron chi connectivity index (χ4n) is 2.07. The van der Waals surface area contributed by atoms with E-state index in [1.54, 1.807) is 11.3 Å². The predicted octanol–water partition coefficient (Wildman–Crippen LogP) is 4.09. The van der Waals surface area contributed by atoms with Crippen LogP contribution < -0.4 is 0 Å². The van der Waals surface area contributed by atoms with Gasteiger partial charge in [-0.25, -0.2) is 9.97 Å². The second-order valence-electron chi connectivity index (χ2n) is 4.48. The number of esters is 1. The van der Waals surface area contributed by atoms with Gasteiger partial charge in [0.1, 0.15) is 21.4 Å². The Kier molecular flexibility index (Phi) is 4.70. The molecule has 0 amide bonds. The van der Waals surface area contributed by atoms with E-state index in [2.05, 4.69) is 9.97 Å². The maximum absolute atomic E-state index is 12.3. The summed E-state index contributed by atoms with van der Waals surface area (Å²) in [6.45, 7) is 2.17. The number of benzene rings is 1. The highest BCUT2D eigenvalue weighted by atomic mass is 32.2. The van der Waals surface area contributed by atoms with Gasteiger partial charge in [-0.1, -0.05) is 42.1 Å². The molecule has 112 valence electrons. The van der Waals surface area contributed by atoms with E-state index in [0.717, 1.165) is 20.8 Å². The van der Waals surface area contributed by atoms with Crippen molar-refractivity contribution in [3.05, 3.63) is 53.7 Å². The molecular formula is C16H14N2O2S2. The van der Waals surface area contributed by atoms with Gasteiger partial charge in [0.25, 0.3) is 0 Å². The molecule has 0 aliphatic rings. The van der Waals surface area contributed by atoms with E-state index in [0.29, 0.717) is 6.61 Å². The highest BCUT2D eigenvalue weighted by Gasteiger charge is 2.25. The number of rotatable bonds is 5. The molecule has 1 atom stereocenters. The molecule has 0 aliphatic carbocycles. The molecule has 22 heavy (non-hydrogen) atoms. The number of nitrogens with zero attached hydrogens (tertiary/aromatic N) is 2. The van der Waals surface area contributed by atoms with Crippen molar-refractivity contribution in [2.75, 3.05) is 6.61 Å². The second kappa shape index (κ2) is 6.89. The van der Waals surface area contributed by atoms with E-state index in [-0.39, 0.29) is 5.97 Å². The molecule has 0 fully saturated rings. The van der Waals surface area contributed by atoms with E-state index in [1.807, 2.05) is 48.7 Å². The summed E-state index contributed by atoms with van der Waals surface area (Å²) in [5.74, 6) is -0.249. The van der Waals surface area contributed by atoms with Crippen molar-refractivity contribution >= 4 is 39.3 Å². The van der Waals surface area contributed by atoms with Crippen LogP contribution in [-0.2, 0) is 9.53 Å². The molecule has 0 bridgehead atoms. The molecule has 0 spiro atoms. The van der Waals surface area contributed by atoms with Gasteiger partial charge in [-0.05, 0) is 23.9 Å². The summed E-state index contributed by atoms with van der Waals surface area (Å²) < 4.78 is 5.22. The standard InChI is InChI=1S/C16H14N2O2S2/c1-2-20-16(19)13(11-6-4-3-5-7-11)22-15-12-8-9-21-14(12)17-10-18-15/h3-10,13H,2H2,1H3/t13-/m1/s1. The fraction of sp³-hybridized carbons (Fsp3) is 0.188. The van der Waals surface area contributed by atoms with Crippen molar-refractivity contribution in [1.82, 2.24) is 9.97 Å². The van der Waals surface area contributed by atoms with Crippen molar-refractivity contribution in [3.8, 4) is 0 Å². The average molecular weight is 330 g/mol. The van der Waals surface area contributed by atoms with E-state index in [9.17, 15) is 4.79 Å². The first-order valence-corrected chi connectivity index (χ1v) is 8.62. The summed E-state index contributed by atoms with van der Waals surface area (Å²) in [4.78, 5) is 21.8. The van der Waals surface area contributed by atoms with Gasteiger partial charge in [0, 0.05) is 5.39 Å². The van der Waals surface area contributed by atoms with Crippen molar-refractivity contribution in [1.29, 1.82) is 0 Å². The van der Waals surface area contributed by atoms with Crippen LogP contribution in [0.3, 0.4) is 0 Å². The first-order chi connectivity index (χ1) is 10.8. The van der Waals surface area contributed by atoms with Gasteiger partial charge in [-0.2, -0.15) is 0 Å². The van der Waals surface area contributed by atoms with Crippen LogP contribution in [0.4, 0.5) is 0 Å². The molecule has 2 aromatic heterocycles. The van der Waals surface area contributed by atoms with Crippen LogP contribution in [0.15, 0.2) is 53.1 Å². The summed E-state index contributed by atoms with van der Waals surface area (Å²) in [6, 6.07) is 11.6. The van der Waals surface area contributed by atoms with E-state index in [4.69, 9.17) is 4.74 Å². The maximum atomic E-state index is 12.3. The quantitative estimate of drug-likeness (QED) is 0.401. The lowest BCUT2D eigenvalue weighted by Crippen LogP contribution is -2.13. The number of thiophene rings is 1. The Bertz CT molecular complexity index is 774. The van der Waals surface area contributed by atoms with Gasteiger partial charge in [0.15, 0.2) is 0 Å². The normalized spacial score (nSPS) is 12.2. The predicted molar refractivity (Wildman–Crippen MR) is 89.1 cm³/mol. The van der Waals surface area contributed by atoms with Crippen LogP contribution in [-0.4, -0.2) is 22.5 Å². The molecule has 4 nitrogen and oxygen atoms in total. The Hall–Kier alpha value is -1.92. The third-order valence-corrected chi connectivity index (χ3v) is 5.13. The van der Waals surface area contributed by atoms with Gasteiger partial charge in [-0.15, -0.1) is 11.3 Å². The number of carbonyl (C=O) groups is 1. The Morgan fingerprint density at radius 3 is 2.86 bits per heavy atom. The molecule has 2 heterocycles. The van der Waals surface area contributed by atoms with Crippen molar-refractivity contribution < 1.29 is 9.53 Å². The Morgan fingerprint density at radius 1 is 1.27 bits per heavy atom. The van der Waals surface area contributed by atoms with Gasteiger partial charge >= 0.3 is 5.97 Å². The zero-order valence-corrected chi connectivity index (χ0v) is 13.6. The van der Waals surface area contributed by atoms with Crippen molar-refractivity contribution in [2.45, 2.75) is 17.2 Å². The highest BCUT2D eigenvalue weighted by molar-refractivity contribution is 8.00. The first-order valence-electron chi connectivity index (χ1n) is 6.86. The van der Waals surface area contributed by atoms with Gasteiger partial charge in [0.2, 0.25) is 0 Å². The molecule has 0 aliphatic heterocycles. The summed E-state index contributed by atoms with van der Waals surface area (Å²) >= 11 is 2.97. The van der Waals surface area contributed by atoms with Crippen molar-refractivity contribution in [3.63, 3.8) is 0 Å². The number of aromatic nitrogens is 2. The number of thioether (sulfide) groups is 1. The Labute approximate surface area is 136 Å². The summed E-state index contributed by atoms with van der Waals surface area (Å²) in [6.07, 6.45) is 1.54. The molecule has 0 saturated carbocycles. The summed E-state index contributed by atoms with van der Waals surface area (Å²) in [5.41, 5.74) is 0.910. The van der Waals surface area contributed by atoms with Crippen LogP contribution in [0.5, 0.6) is 0 Å². The lowest BCUT2D eigenvalue weighted by Gasteiger charge is -2.15. The second-order valence-corrected chi connectivity index (χ2v) is 6.47. The number of fused-ring (bicyclic) bond motifs is 1. The molecule has 0 unspecified atom stereocenters. The third-order valence-electron chi connectivity index (χ3n) is 3.06. The summed E-state index contributed by atoms with van der Waals surface area (Å²) in [5, 5.41) is 3.32. The van der Waals surface area contributed by atoms with Gasteiger partial charge in [-0.3, -0.25) is 4.79 Å². The van der Waals surface area contributed by atoms with E-state index < -0.39 is 5.25 Å². The summed E-state index contributed by atoms with van der Waals surface area (Å²) in [7, 11) is 0. The molecule has 3 aromatic rings. The van der Waals surface area contributed by atoms with E-state index >= 15 is 0 Å². The first kappa shape index (κ1) is 15.0. The number of hydrogen-bond acceptors (Lipinski definition) is 6. The number of carbonyl (C=O) groups excluding carboxylic acids is 1. The largest absolute Gasteiger partial charge is 0.465 e. The SMILES string of the molecule is CCOC(=O)[C@H](Sc1ncnc2sccc12)c1ccccc1. The maximum Gasteiger partial charge on any atom is 0.324 e. The molecule has 3 rings (SSSR count). The zero-order valence-electron chi connectivity index (χ0n) is 11.9. The minimum Gasteiger partial charge on any atom is -0.465 e. The van der Waals surface area contributed by atoms with Crippen LogP contribution >= 0.6 is 23.1 Å². The Balaban J connectivity index is 1.96. The molecule has 0 radical (unpaired) electrons. The van der Waals surface area contributed by atoms with Crippen LogP contribution in [0.1, 0.15) is 17.7 Å². The molecule has 6 heteroatoms. The fourth-order valence-corrected chi connectivity index (χ4v) is 3.95. The molecular weight excluding hydrogens is 316 g/mol. The zero-order chi connectivity index (χ0) is 15.4. The van der Waals surface area contributed by atoms with Crippen LogP contribution in [0, 0.1) is 0 Å². The van der Waals surface area contributed by atoms with Crippen LogP contribution in [0.25, 0.3) is 10.2 Å². The Morgan fingerprint density at radius 2 is 2.09 bits per heavy atom. The molecule has 0 saturated heterocycles. The average Bonchev–Trinajstić information content (AvgIpc) is 3.03. The smallest absolute Gasteiger partial charge is 0.324 e. The van der Waals surface area contributed by atoms with Crippen molar-refractivity contribution in [2.24, 2.45) is 0 Å². The minimum atomic E-state index is -0.431. The lowest BCUT2D eigenvalue weighted by atomic mass is 10.1. The monoisotopic (exact) mass is 330 g/mol. The van der Waals surface area contributed by atoms with Gasteiger partial charge in [0.05, 0.1) is 6.61 Å². The highest BCUT2D eigenvalue weighted by Crippen LogP contribution is 2.38. The van der Waals surface area contributed by atoms with Gasteiger partial charge < -0.3 is 4.74 Å². The molecule has 1 aromatic carbocycles. The molecule has 0 N–H and O–H groups in total. The van der Waals surface area contributed by atoms with Crippen LogP contribution in [0.2, 0.25) is 0 Å². The number of hydrogen-bond donors (Lipinski definition) is 0. The topological polar surface area (TPSA) is 52.1 Å². The third kappa shape index (κ3) is 3.13. The lowest BCUT2D eigenvalue weighted by molar-refractivity contribution is -0.142. The minimum absolute atomic E-state index is 0.249. The van der Waals surface area contributed by atoms with E-state index in [1.165, 1.54) is 18.1 Å². The number of ether oxygens (including phenoxy) is 1.